The molecule has 3 nitrogen and oxygen atoms in total. The Hall–Kier alpha value is -1.06. The molecule has 0 spiro atoms. The summed E-state index contributed by atoms with van der Waals surface area (Å²) in [7, 11) is 0. The van der Waals surface area contributed by atoms with Gasteiger partial charge in [-0.2, -0.15) is 0 Å². The van der Waals surface area contributed by atoms with Crippen LogP contribution < -0.4 is 10.1 Å². The number of hydrogen-bond donors (Lipinski definition) is 1. The second-order valence-corrected chi connectivity index (χ2v) is 5.87. The fourth-order valence-electron chi connectivity index (χ4n) is 2.54. The van der Waals surface area contributed by atoms with E-state index in [4.69, 9.17) is 9.47 Å². The molecule has 1 unspecified atom stereocenters. The molecule has 1 heterocycles. The van der Waals surface area contributed by atoms with Crippen LogP contribution in [0.3, 0.4) is 0 Å². The summed E-state index contributed by atoms with van der Waals surface area (Å²) in [4.78, 5) is 0. The maximum Gasteiger partial charge on any atom is 0.126 e. The van der Waals surface area contributed by atoms with Crippen LogP contribution >= 0.6 is 0 Å². The molecule has 1 N–H and O–H groups in total. The third kappa shape index (κ3) is 4.50. The molecule has 1 saturated heterocycles. The predicted molar refractivity (Wildman–Crippen MR) is 82.2 cm³/mol. The van der Waals surface area contributed by atoms with Crippen LogP contribution in [0.1, 0.15) is 44.2 Å². The molecule has 1 aliphatic heterocycles. The lowest BCUT2D eigenvalue weighted by Crippen LogP contribution is -2.22. The zero-order valence-electron chi connectivity index (χ0n) is 12.9. The van der Waals surface area contributed by atoms with Gasteiger partial charge >= 0.3 is 0 Å². The summed E-state index contributed by atoms with van der Waals surface area (Å²) >= 11 is 0. The second kappa shape index (κ2) is 7.65. The molecule has 1 aromatic carbocycles. The first-order valence-corrected chi connectivity index (χ1v) is 7.73. The lowest BCUT2D eigenvalue weighted by atomic mass is 10.1. The quantitative estimate of drug-likeness (QED) is 0.828. The van der Waals surface area contributed by atoms with E-state index in [2.05, 4.69) is 44.3 Å². The van der Waals surface area contributed by atoms with Crippen molar-refractivity contribution in [1.82, 2.24) is 5.32 Å². The molecular weight excluding hydrogens is 250 g/mol. The van der Waals surface area contributed by atoms with E-state index in [9.17, 15) is 0 Å². The van der Waals surface area contributed by atoms with E-state index in [0.717, 1.165) is 31.9 Å². The average molecular weight is 277 g/mol. The van der Waals surface area contributed by atoms with Crippen LogP contribution in [0.5, 0.6) is 5.75 Å². The minimum absolute atomic E-state index is 0.399. The maximum atomic E-state index is 6.04. The molecule has 0 bridgehead atoms. The van der Waals surface area contributed by atoms with Gasteiger partial charge in [-0.15, -0.1) is 0 Å². The van der Waals surface area contributed by atoms with Crippen molar-refractivity contribution in [1.29, 1.82) is 0 Å². The highest BCUT2D eigenvalue weighted by atomic mass is 16.5. The van der Waals surface area contributed by atoms with Crippen LogP contribution in [-0.4, -0.2) is 25.4 Å². The van der Waals surface area contributed by atoms with Crippen molar-refractivity contribution in [3.8, 4) is 5.75 Å². The summed E-state index contributed by atoms with van der Waals surface area (Å²) in [5, 5.41) is 3.46. The average Bonchev–Trinajstić information content (AvgIpc) is 2.92. The molecule has 0 amide bonds. The summed E-state index contributed by atoms with van der Waals surface area (Å²) in [5.74, 6) is 1.04. The molecule has 1 fully saturated rings. The van der Waals surface area contributed by atoms with Crippen molar-refractivity contribution in [2.45, 2.75) is 58.7 Å². The van der Waals surface area contributed by atoms with Gasteiger partial charge in [-0.05, 0) is 25.3 Å². The third-order valence-corrected chi connectivity index (χ3v) is 3.70. The Morgan fingerprint density at radius 2 is 2.25 bits per heavy atom. The van der Waals surface area contributed by atoms with Gasteiger partial charge in [0.1, 0.15) is 5.75 Å². The molecule has 20 heavy (non-hydrogen) atoms. The SMILES string of the molecule is Cc1cccc(CNC(C)C)c1OCCC1CCCO1. The summed E-state index contributed by atoms with van der Waals surface area (Å²) < 4.78 is 11.7. The molecule has 1 atom stereocenters. The Morgan fingerprint density at radius 1 is 1.40 bits per heavy atom. The zero-order valence-corrected chi connectivity index (χ0v) is 12.9. The fraction of sp³-hybridized carbons (Fsp3) is 0.647. The van der Waals surface area contributed by atoms with Crippen LogP contribution in [0.25, 0.3) is 0 Å². The second-order valence-electron chi connectivity index (χ2n) is 5.87. The highest BCUT2D eigenvalue weighted by Crippen LogP contribution is 2.24. The molecule has 1 aliphatic rings. The van der Waals surface area contributed by atoms with E-state index in [1.165, 1.54) is 24.0 Å². The minimum atomic E-state index is 0.399. The molecule has 0 radical (unpaired) electrons. The van der Waals surface area contributed by atoms with E-state index < -0.39 is 0 Å². The van der Waals surface area contributed by atoms with Crippen LogP contribution in [0, 0.1) is 6.92 Å². The van der Waals surface area contributed by atoms with Crippen LogP contribution in [0.2, 0.25) is 0 Å². The largest absolute Gasteiger partial charge is 0.493 e. The van der Waals surface area contributed by atoms with Crippen molar-refractivity contribution in [3.05, 3.63) is 29.3 Å². The Kier molecular flexibility index (Phi) is 5.86. The molecule has 112 valence electrons. The molecule has 1 aromatic rings. The van der Waals surface area contributed by atoms with E-state index in [1.807, 2.05) is 0 Å². The van der Waals surface area contributed by atoms with Gasteiger partial charge in [-0.3, -0.25) is 0 Å². The minimum Gasteiger partial charge on any atom is -0.493 e. The lowest BCUT2D eigenvalue weighted by Gasteiger charge is -2.17. The molecule has 3 heteroatoms. The van der Waals surface area contributed by atoms with Gasteiger partial charge in [-0.25, -0.2) is 0 Å². The van der Waals surface area contributed by atoms with Gasteiger partial charge in [0.15, 0.2) is 0 Å². The van der Waals surface area contributed by atoms with E-state index in [-0.39, 0.29) is 0 Å². The number of aryl methyl sites for hydroxylation is 1. The number of para-hydroxylation sites is 1. The monoisotopic (exact) mass is 277 g/mol. The Bertz CT molecular complexity index is 411. The molecule has 2 rings (SSSR count). The Labute approximate surface area is 122 Å². The smallest absolute Gasteiger partial charge is 0.126 e. The molecule has 0 saturated carbocycles. The van der Waals surface area contributed by atoms with Gasteiger partial charge in [0, 0.05) is 31.2 Å². The van der Waals surface area contributed by atoms with E-state index >= 15 is 0 Å². The topological polar surface area (TPSA) is 30.5 Å². The van der Waals surface area contributed by atoms with Gasteiger partial charge in [-0.1, -0.05) is 32.0 Å². The summed E-state index contributed by atoms with van der Waals surface area (Å²) in [6.07, 6.45) is 3.76. The first-order chi connectivity index (χ1) is 9.66. The summed E-state index contributed by atoms with van der Waals surface area (Å²) in [5.41, 5.74) is 2.45. The van der Waals surface area contributed by atoms with Crippen molar-refractivity contribution in [3.63, 3.8) is 0 Å². The lowest BCUT2D eigenvalue weighted by molar-refractivity contribution is 0.0901. The highest BCUT2D eigenvalue weighted by molar-refractivity contribution is 5.40. The summed E-state index contributed by atoms with van der Waals surface area (Å²) in [6.45, 7) is 8.94. The standard InChI is InChI=1S/C17H27NO2/c1-13(2)18-12-15-7-4-6-14(3)17(15)20-11-9-16-8-5-10-19-16/h4,6-7,13,16,18H,5,8-12H2,1-3H3. The maximum absolute atomic E-state index is 6.04. The fourth-order valence-corrected chi connectivity index (χ4v) is 2.54. The van der Waals surface area contributed by atoms with Crippen LogP contribution in [-0.2, 0) is 11.3 Å². The number of hydrogen-bond acceptors (Lipinski definition) is 3. The van der Waals surface area contributed by atoms with Crippen LogP contribution in [0.4, 0.5) is 0 Å². The van der Waals surface area contributed by atoms with Gasteiger partial charge in [0.25, 0.3) is 0 Å². The van der Waals surface area contributed by atoms with Crippen molar-refractivity contribution in [2.24, 2.45) is 0 Å². The van der Waals surface area contributed by atoms with Gasteiger partial charge in [0.2, 0.25) is 0 Å². The van der Waals surface area contributed by atoms with Crippen molar-refractivity contribution in [2.75, 3.05) is 13.2 Å². The van der Waals surface area contributed by atoms with Gasteiger partial charge < -0.3 is 14.8 Å². The number of rotatable bonds is 7. The first kappa shape index (κ1) is 15.3. The Balaban J connectivity index is 1.90. The van der Waals surface area contributed by atoms with Crippen LogP contribution in [0.15, 0.2) is 18.2 Å². The molecule has 0 aromatic heterocycles. The number of benzene rings is 1. The molecule has 0 aliphatic carbocycles. The summed E-state index contributed by atoms with van der Waals surface area (Å²) in [6, 6.07) is 6.83. The van der Waals surface area contributed by atoms with E-state index in [0.29, 0.717) is 12.1 Å². The number of nitrogens with one attached hydrogen (secondary N) is 1. The predicted octanol–water partition coefficient (Wildman–Crippen LogP) is 3.44. The van der Waals surface area contributed by atoms with Crippen molar-refractivity contribution >= 4 is 0 Å². The van der Waals surface area contributed by atoms with E-state index in [1.54, 1.807) is 0 Å². The number of ether oxygens (including phenoxy) is 2. The Morgan fingerprint density at radius 3 is 2.95 bits per heavy atom. The van der Waals surface area contributed by atoms with Gasteiger partial charge in [0.05, 0.1) is 12.7 Å². The van der Waals surface area contributed by atoms with Crippen molar-refractivity contribution < 1.29 is 9.47 Å². The zero-order chi connectivity index (χ0) is 14.4. The molecular formula is C17H27NO2. The normalized spacial score (nSPS) is 18.7. The highest BCUT2D eigenvalue weighted by Gasteiger charge is 2.16. The first-order valence-electron chi connectivity index (χ1n) is 7.73. The third-order valence-electron chi connectivity index (χ3n) is 3.70.